The van der Waals surface area contributed by atoms with Gasteiger partial charge in [0.1, 0.15) is 11.6 Å². The number of aromatic nitrogens is 2. The molecule has 1 unspecified atom stereocenters. The number of halogens is 1. The van der Waals surface area contributed by atoms with E-state index in [1.165, 1.54) is 11.5 Å². The van der Waals surface area contributed by atoms with Crippen molar-refractivity contribution in [2.24, 2.45) is 0 Å². The smallest absolute Gasteiger partial charge is 0.144 e. The summed E-state index contributed by atoms with van der Waals surface area (Å²) in [7, 11) is 0. The van der Waals surface area contributed by atoms with Crippen LogP contribution in [0.2, 0.25) is 0 Å². The molecule has 0 radical (unpaired) electrons. The fourth-order valence-electron chi connectivity index (χ4n) is 2.03. The molecule has 2 rings (SSSR count). The molecular formula is C14H22BrN3S2. The van der Waals surface area contributed by atoms with Crippen LogP contribution in [0.1, 0.15) is 44.5 Å². The minimum absolute atomic E-state index is 0.00711. The fraction of sp³-hybridized carbons (Fsp3) is 0.714. The fourth-order valence-corrected chi connectivity index (χ4v) is 5.54. The molecule has 1 aromatic heterocycles. The number of hydrogen-bond donors (Lipinski definition) is 1. The Kier molecular flexibility index (Phi) is 5.65. The zero-order valence-corrected chi connectivity index (χ0v) is 15.7. The lowest BCUT2D eigenvalue weighted by Gasteiger charge is -2.25. The second-order valence-electron chi connectivity index (χ2n) is 5.81. The highest BCUT2D eigenvalue weighted by molar-refractivity contribution is 9.10. The van der Waals surface area contributed by atoms with Crippen molar-refractivity contribution in [1.82, 2.24) is 9.97 Å². The lowest BCUT2D eigenvalue weighted by molar-refractivity contribution is 0.559. The Labute approximate surface area is 138 Å². The summed E-state index contributed by atoms with van der Waals surface area (Å²) in [6, 6.07) is 0. The SMILES string of the molecule is CCNc1nc(C2CSCCS2)nc(C(C)(C)C)c1Br. The summed E-state index contributed by atoms with van der Waals surface area (Å²) in [5, 5.41) is 3.77. The van der Waals surface area contributed by atoms with E-state index < -0.39 is 0 Å². The molecule has 1 N–H and O–H groups in total. The maximum Gasteiger partial charge on any atom is 0.144 e. The molecule has 0 saturated carbocycles. The Bertz CT molecular complexity index is 468. The Hall–Kier alpha value is 0.0600. The highest BCUT2D eigenvalue weighted by Gasteiger charge is 2.26. The second-order valence-corrected chi connectivity index (χ2v) is 9.06. The molecule has 6 heteroatoms. The third-order valence-corrected chi connectivity index (χ3v) is 6.53. The third kappa shape index (κ3) is 3.83. The molecule has 112 valence electrons. The van der Waals surface area contributed by atoms with Gasteiger partial charge in [-0.05, 0) is 22.9 Å². The highest BCUT2D eigenvalue weighted by atomic mass is 79.9. The van der Waals surface area contributed by atoms with Crippen LogP contribution in [0.15, 0.2) is 4.47 Å². The van der Waals surface area contributed by atoms with Crippen molar-refractivity contribution in [2.75, 3.05) is 29.1 Å². The number of nitrogens with one attached hydrogen (secondary N) is 1. The van der Waals surface area contributed by atoms with Gasteiger partial charge in [0.2, 0.25) is 0 Å². The van der Waals surface area contributed by atoms with Gasteiger partial charge in [0.25, 0.3) is 0 Å². The van der Waals surface area contributed by atoms with E-state index in [9.17, 15) is 0 Å². The quantitative estimate of drug-likeness (QED) is 0.841. The first-order valence-electron chi connectivity index (χ1n) is 6.94. The summed E-state index contributed by atoms with van der Waals surface area (Å²) in [4.78, 5) is 9.63. The molecule has 1 aliphatic rings. The topological polar surface area (TPSA) is 37.8 Å². The lowest BCUT2D eigenvalue weighted by atomic mass is 9.92. The van der Waals surface area contributed by atoms with Crippen LogP contribution in [-0.2, 0) is 5.41 Å². The van der Waals surface area contributed by atoms with Crippen LogP contribution in [0.25, 0.3) is 0 Å². The predicted molar refractivity (Wildman–Crippen MR) is 95.1 cm³/mol. The van der Waals surface area contributed by atoms with E-state index >= 15 is 0 Å². The average molecular weight is 376 g/mol. The number of nitrogens with zero attached hydrogens (tertiary/aromatic N) is 2. The third-order valence-electron chi connectivity index (χ3n) is 3.03. The minimum atomic E-state index is 0.00711. The van der Waals surface area contributed by atoms with Gasteiger partial charge in [-0.3, -0.25) is 0 Å². The molecule has 1 aromatic rings. The van der Waals surface area contributed by atoms with Gasteiger partial charge in [0, 0.05) is 29.2 Å². The van der Waals surface area contributed by atoms with Crippen LogP contribution in [-0.4, -0.2) is 33.8 Å². The summed E-state index contributed by atoms with van der Waals surface area (Å²) in [5.41, 5.74) is 1.10. The van der Waals surface area contributed by atoms with Crippen molar-refractivity contribution in [1.29, 1.82) is 0 Å². The lowest BCUT2D eigenvalue weighted by Crippen LogP contribution is -2.20. The van der Waals surface area contributed by atoms with Crippen molar-refractivity contribution in [3.63, 3.8) is 0 Å². The number of hydrogen-bond acceptors (Lipinski definition) is 5. The molecule has 1 aliphatic heterocycles. The van der Waals surface area contributed by atoms with Gasteiger partial charge in [0.05, 0.1) is 15.4 Å². The molecule has 1 saturated heterocycles. The van der Waals surface area contributed by atoms with Crippen molar-refractivity contribution in [3.05, 3.63) is 16.0 Å². The van der Waals surface area contributed by atoms with Crippen molar-refractivity contribution in [3.8, 4) is 0 Å². The van der Waals surface area contributed by atoms with E-state index in [4.69, 9.17) is 9.97 Å². The Morgan fingerprint density at radius 3 is 2.60 bits per heavy atom. The molecule has 1 fully saturated rings. The molecule has 0 aliphatic carbocycles. The van der Waals surface area contributed by atoms with Gasteiger partial charge < -0.3 is 5.32 Å². The van der Waals surface area contributed by atoms with E-state index in [2.05, 4.69) is 48.9 Å². The van der Waals surface area contributed by atoms with E-state index in [1.807, 2.05) is 23.5 Å². The largest absolute Gasteiger partial charge is 0.369 e. The summed E-state index contributed by atoms with van der Waals surface area (Å²) in [5.74, 6) is 5.45. The predicted octanol–water partition coefficient (Wildman–Crippen LogP) is 4.49. The molecule has 3 nitrogen and oxygen atoms in total. The van der Waals surface area contributed by atoms with Crippen LogP contribution >= 0.6 is 39.5 Å². The molecule has 0 bridgehead atoms. The van der Waals surface area contributed by atoms with Crippen LogP contribution in [0.5, 0.6) is 0 Å². The van der Waals surface area contributed by atoms with Crippen LogP contribution in [0.4, 0.5) is 5.82 Å². The van der Waals surface area contributed by atoms with E-state index in [1.54, 1.807) is 0 Å². The van der Waals surface area contributed by atoms with Gasteiger partial charge in [0.15, 0.2) is 0 Å². The Morgan fingerprint density at radius 1 is 1.30 bits per heavy atom. The maximum absolute atomic E-state index is 4.88. The molecule has 0 aromatic carbocycles. The van der Waals surface area contributed by atoms with Gasteiger partial charge >= 0.3 is 0 Å². The first-order valence-corrected chi connectivity index (χ1v) is 9.94. The molecule has 20 heavy (non-hydrogen) atoms. The van der Waals surface area contributed by atoms with Crippen molar-refractivity contribution < 1.29 is 0 Å². The summed E-state index contributed by atoms with van der Waals surface area (Å²) < 4.78 is 1.00. The average Bonchev–Trinajstić information content (AvgIpc) is 2.41. The number of thioether (sulfide) groups is 2. The molecular weight excluding hydrogens is 354 g/mol. The number of rotatable bonds is 3. The van der Waals surface area contributed by atoms with Crippen molar-refractivity contribution in [2.45, 2.75) is 38.4 Å². The zero-order valence-electron chi connectivity index (χ0n) is 12.5. The molecule has 1 atom stereocenters. The van der Waals surface area contributed by atoms with Crippen LogP contribution in [0, 0.1) is 0 Å². The van der Waals surface area contributed by atoms with Gasteiger partial charge in [-0.15, -0.1) is 11.8 Å². The Balaban J connectivity index is 2.43. The summed E-state index contributed by atoms with van der Waals surface area (Å²) in [6.45, 7) is 9.55. The maximum atomic E-state index is 4.88. The van der Waals surface area contributed by atoms with Crippen LogP contribution in [0.3, 0.4) is 0 Å². The first-order chi connectivity index (χ1) is 9.43. The Morgan fingerprint density at radius 2 is 2.05 bits per heavy atom. The van der Waals surface area contributed by atoms with Gasteiger partial charge in [-0.25, -0.2) is 9.97 Å². The standard InChI is InChI=1S/C14H22BrN3S2/c1-5-16-13-10(15)11(14(2,3)4)17-12(18-13)9-8-19-6-7-20-9/h9H,5-8H2,1-4H3,(H,16,17,18). The normalized spacial score (nSPS) is 19.9. The summed E-state index contributed by atoms with van der Waals surface area (Å²) in [6.07, 6.45) is 0. The van der Waals surface area contributed by atoms with E-state index in [-0.39, 0.29) is 5.41 Å². The van der Waals surface area contributed by atoms with Crippen LogP contribution < -0.4 is 5.32 Å². The monoisotopic (exact) mass is 375 g/mol. The molecule has 2 heterocycles. The number of anilines is 1. The molecule has 0 spiro atoms. The van der Waals surface area contributed by atoms with Crippen molar-refractivity contribution >= 4 is 45.3 Å². The van der Waals surface area contributed by atoms with E-state index in [0.29, 0.717) is 5.25 Å². The second kappa shape index (κ2) is 6.88. The first kappa shape index (κ1) is 16.4. The molecule has 0 amide bonds. The van der Waals surface area contributed by atoms with Gasteiger partial charge in [-0.2, -0.15) is 11.8 Å². The summed E-state index contributed by atoms with van der Waals surface area (Å²) >= 11 is 7.66. The van der Waals surface area contributed by atoms with E-state index in [0.717, 1.165) is 34.1 Å². The minimum Gasteiger partial charge on any atom is -0.369 e. The zero-order chi connectivity index (χ0) is 14.8. The van der Waals surface area contributed by atoms with Gasteiger partial charge in [-0.1, -0.05) is 20.8 Å². The highest BCUT2D eigenvalue weighted by Crippen LogP contribution is 2.39.